The first-order chi connectivity index (χ1) is 6.70. The van der Waals surface area contributed by atoms with E-state index in [-0.39, 0.29) is 6.04 Å². The van der Waals surface area contributed by atoms with Gasteiger partial charge in [0.25, 0.3) is 0 Å². The van der Waals surface area contributed by atoms with E-state index in [2.05, 4.69) is 28.6 Å². The molecule has 1 aromatic heterocycles. The van der Waals surface area contributed by atoms with Crippen molar-refractivity contribution in [2.45, 2.75) is 52.6 Å². The third-order valence-corrected chi connectivity index (χ3v) is 2.48. The van der Waals surface area contributed by atoms with Gasteiger partial charge in [-0.3, -0.25) is 0 Å². The van der Waals surface area contributed by atoms with Crippen molar-refractivity contribution in [1.29, 1.82) is 0 Å². The molecule has 0 aliphatic rings. The highest BCUT2D eigenvalue weighted by Crippen LogP contribution is 2.15. The van der Waals surface area contributed by atoms with Crippen LogP contribution in [0.3, 0.4) is 0 Å². The minimum Gasteiger partial charge on any atom is -0.321 e. The topological polar surface area (TPSA) is 56.7 Å². The molecule has 4 heteroatoms. The predicted molar refractivity (Wildman–Crippen MR) is 56.9 cm³/mol. The number of aryl methyl sites for hydroxylation is 1. The molecule has 1 rings (SSSR count). The molecule has 0 fully saturated rings. The van der Waals surface area contributed by atoms with Crippen LogP contribution in [0, 0.1) is 6.92 Å². The Morgan fingerprint density at radius 2 is 2.07 bits per heavy atom. The molecule has 0 aliphatic heterocycles. The minimum absolute atomic E-state index is 0.0381. The molecule has 2 N–H and O–H groups in total. The predicted octanol–water partition coefficient (Wildman–Crippen LogP) is 1.80. The molecule has 0 spiro atoms. The molecule has 0 saturated carbocycles. The molecule has 1 heterocycles. The third-order valence-electron chi connectivity index (χ3n) is 2.48. The first-order valence-electron chi connectivity index (χ1n) is 5.36. The third kappa shape index (κ3) is 2.32. The summed E-state index contributed by atoms with van der Waals surface area (Å²) in [5, 5.41) is 8.18. The average Bonchev–Trinajstić information content (AvgIpc) is 2.55. The van der Waals surface area contributed by atoms with Crippen molar-refractivity contribution in [2.24, 2.45) is 5.73 Å². The molecule has 0 radical (unpaired) electrons. The molecule has 0 aromatic carbocycles. The zero-order chi connectivity index (χ0) is 10.6. The van der Waals surface area contributed by atoms with Crippen molar-refractivity contribution < 1.29 is 0 Å². The van der Waals surface area contributed by atoms with Crippen LogP contribution in [0.4, 0.5) is 0 Å². The Bertz CT molecular complexity index is 280. The highest BCUT2D eigenvalue weighted by molar-refractivity contribution is 4.98. The zero-order valence-electron chi connectivity index (χ0n) is 9.32. The maximum Gasteiger partial charge on any atom is 0.149 e. The van der Waals surface area contributed by atoms with E-state index in [1.54, 1.807) is 0 Å². The maximum absolute atomic E-state index is 6.05. The second-order valence-corrected chi connectivity index (χ2v) is 3.60. The second-order valence-electron chi connectivity index (χ2n) is 3.60. The summed E-state index contributed by atoms with van der Waals surface area (Å²) >= 11 is 0. The molecule has 1 unspecified atom stereocenters. The Kier molecular flexibility index (Phi) is 4.07. The first-order valence-corrected chi connectivity index (χ1v) is 5.36. The van der Waals surface area contributed by atoms with Crippen molar-refractivity contribution >= 4 is 0 Å². The number of nitrogens with zero attached hydrogens (tertiary/aromatic N) is 3. The lowest BCUT2D eigenvalue weighted by atomic mass is 10.1. The van der Waals surface area contributed by atoms with Gasteiger partial charge in [-0.1, -0.05) is 19.8 Å². The van der Waals surface area contributed by atoms with Crippen molar-refractivity contribution in [3.05, 3.63) is 11.6 Å². The minimum atomic E-state index is 0.0381. The quantitative estimate of drug-likeness (QED) is 0.781. The van der Waals surface area contributed by atoms with Gasteiger partial charge in [-0.2, -0.15) is 0 Å². The lowest BCUT2D eigenvalue weighted by Crippen LogP contribution is -2.16. The van der Waals surface area contributed by atoms with Crippen LogP contribution in [-0.4, -0.2) is 14.8 Å². The summed E-state index contributed by atoms with van der Waals surface area (Å²) in [6.45, 7) is 7.12. The van der Waals surface area contributed by atoms with Crippen molar-refractivity contribution in [3.63, 3.8) is 0 Å². The molecule has 0 saturated heterocycles. The number of hydrogen-bond acceptors (Lipinski definition) is 3. The van der Waals surface area contributed by atoms with E-state index < -0.39 is 0 Å². The molecule has 1 atom stereocenters. The van der Waals surface area contributed by atoms with E-state index in [0.29, 0.717) is 0 Å². The molecule has 0 bridgehead atoms. The van der Waals surface area contributed by atoms with E-state index in [4.69, 9.17) is 5.73 Å². The number of rotatable bonds is 5. The van der Waals surface area contributed by atoms with E-state index in [1.165, 1.54) is 6.42 Å². The largest absolute Gasteiger partial charge is 0.321 e. The van der Waals surface area contributed by atoms with Crippen molar-refractivity contribution in [1.82, 2.24) is 14.8 Å². The van der Waals surface area contributed by atoms with Crippen LogP contribution in [0.1, 0.15) is 50.8 Å². The highest BCUT2D eigenvalue weighted by Gasteiger charge is 2.14. The highest BCUT2D eigenvalue weighted by atomic mass is 15.3. The Hall–Kier alpha value is -0.900. The van der Waals surface area contributed by atoms with Crippen LogP contribution < -0.4 is 5.73 Å². The number of hydrogen-bond donors (Lipinski definition) is 1. The van der Waals surface area contributed by atoms with E-state index in [1.807, 2.05) is 6.92 Å². The summed E-state index contributed by atoms with van der Waals surface area (Å²) in [5.41, 5.74) is 6.05. The zero-order valence-corrected chi connectivity index (χ0v) is 9.32. The summed E-state index contributed by atoms with van der Waals surface area (Å²) in [6, 6.07) is 0.0381. The van der Waals surface area contributed by atoms with Gasteiger partial charge in [0, 0.05) is 6.54 Å². The van der Waals surface area contributed by atoms with E-state index in [9.17, 15) is 0 Å². The van der Waals surface area contributed by atoms with Gasteiger partial charge in [-0.25, -0.2) is 0 Å². The van der Waals surface area contributed by atoms with Gasteiger partial charge in [0.2, 0.25) is 0 Å². The van der Waals surface area contributed by atoms with Gasteiger partial charge in [-0.15, -0.1) is 10.2 Å². The smallest absolute Gasteiger partial charge is 0.149 e. The Labute approximate surface area is 85.5 Å². The summed E-state index contributed by atoms with van der Waals surface area (Å²) in [6.07, 6.45) is 3.32. The number of aromatic nitrogens is 3. The molecule has 0 aliphatic carbocycles. The number of nitrogens with two attached hydrogens (primary N) is 1. The molecule has 4 nitrogen and oxygen atoms in total. The molecule has 80 valence electrons. The van der Waals surface area contributed by atoms with Gasteiger partial charge in [0.1, 0.15) is 11.6 Å². The number of unbranched alkanes of at least 4 members (excludes halogenated alkanes) is 1. The SMILES string of the molecule is CCCCC(N)c1nnc(C)n1CC. The fraction of sp³-hybridized carbons (Fsp3) is 0.800. The molecule has 0 amide bonds. The molecule has 1 aromatic rings. The van der Waals surface area contributed by atoms with Gasteiger partial charge in [0.15, 0.2) is 0 Å². The fourth-order valence-corrected chi connectivity index (χ4v) is 1.62. The van der Waals surface area contributed by atoms with Gasteiger partial charge < -0.3 is 10.3 Å². The van der Waals surface area contributed by atoms with Gasteiger partial charge in [0.05, 0.1) is 6.04 Å². The normalized spacial score (nSPS) is 13.1. The first kappa shape index (κ1) is 11.2. The van der Waals surface area contributed by atoms with Crippen LogP contribution in [0.5, 0.6) is 0 Å². The summed E-state index contributed by atoms with van der Waals surface area (Å²) in [7, 11) is 0. The Morgan fingerprint density at radius 1 is 1.36 bits per heavy atom. The monoisotopic (exact) mass is 196 g/mol. The van der Waals surface area contributed by atoms with Crippen LogP contribution in [0.25, 0.3) is 0 Å². The van der Waals surface area contributed by atoms with Crippen LogP contribution in [0.2, 0.25) is 0 Å². The van der Waals surface area contributed by atoms with Crippen molar-refractivity contribution in [3.8, 4) is 0 Å². The summed E-state index contributed by atoms with van der Waals surface area (Å²) in [4.78, 5) is 0. The standard InChI is InChI=1S/C10H20N4/c1-4-6-7-9(11)10-13-12-8(3)14(10)5-2/h9H,4-7,11H2,1-3H3. The molecular weight excluding hydrogens is 176 g/mol. The summed E-state index contributed by atoms with van der Waals surface area (Å²) < 4.78 is 2.08. The maximum atomic E-state index is 6.05. The molecule has 14 heavy (non-hydrogen) atoms. The van der Waals surface area contributed by atoms with Crippen LogP contribution >= 0.6 is 0 Å². The van der Waals surface area contributed by atoms with Crippen LogP contribution in [-0.2, 0) is 6.54 Å². The lowest BCUT2D eigenvalue weighted by Gasteiger charge is -2.11. The Morgan fingerprint density at radius 3 is 2.64 bits per heavy atom. The second kappa shape index (κ2) is 5.10. The van der Waals surface area contributed by atoms with Crippen LogP contribution in [0.15, 0.2) is 0 Å². The Balaban J connectivity index is 2.73. The lowest BCUT2D eigenvalue weighted by molar-refractivity contribution is 0.538. The van der Waals surface area contributed by atoms with Gasteiger partial charge in [-0.05, 0) is 20.3 Å². The van der Waals surface area contributed by atoms with Gasteiger partial charge >= 0.3 is 0 Å². The van der Waals surface area contributed by atoms with E-state index in [0.717, 1.165) is 31.0 Å². The van der Waals surface area contributed by atoms with Crippen molar-refractivity contribution in [2.75, 3.05) is 0 Å². The fourth-order valence-electron chi connectivity index (χ4n) is 1.62. The molecular formula is C10H20N4. The van der Waals surface area contributed by atoms with E-state index >= 15 is 0 Å². The summed E-state index contributed by atoms with van der Waals surface area (Å²) in [5.74, 6) is 1.88. The average molecular weight is 196 g/mol.